The Morgan fingerprint density at radius 1 is 1.08 bits per heavy atom. The number of hydrogen-bond acceptors (Lipinski definition) is 3. The molecular weight excluding hydrogens is 176 g/mol. The molecule has 0 aromatic carbocycles. The SMILES string of the molecule is O=C(O)C1C(O)CC2C(C(=O)O)C21. The van der Waals surface area contributed by atoms with Crippen molar-refractivity contribution >= 4 is 11.9 Å². The second-order valence-corrected chi connectivity index (χ2v) is 3.77. The van der Waals surface area contributed by atoms with E-state index in [4.69, 9.17) is 10.2 Å². The summed E-state index contributed by atoms with van der Waals surface area (Å²) in [5.41, 5.74) is 0. The van der Waals surface area contributed by atoms with Crippen LogP contribution in [0.15, 0.2) is 0 Å². The first kappa shape index (κ1) is 8.50. The third-order valence-electron chi connectivity index (χ3n) is 3.14. The summed E-state index contributed by atoms with van der Waals surface area (Å²) in [7, 11) is 0. The minimum atomic E-state index is -1.08. The Kier molecular flexibility index (Phi) is 1.60. The van der Waals surface area contributed by atoms with Crippen molar-refractivity contribution in [2.75, 3.05) is 0 Å². The van der Waals surface area contributed by atoms with Gasteiger partial charge in [0.15, 0.2) is 0 Å². The van der Waals surface area contributed by atoms with E-state index < -0.39 is 29.9 Å². The largest absolute Gasteiger partial charge is 0.481 e. The zero-order chi connectivity index (χ0) is 9.75. The van der Waals surface area contributed by atoms with Gasteiger partial charge in [0.05, 0.1) is 17.9 Å². The zero-order valence-corrected chi connectivity index (χ0v) is 6.75. The predicted octanol–water partition coefficient (Wildman–Crippen LogP) is -0.601. The van der Waals surface area contributed by atoms with E-state index in [0.29, 0.717) is 6.42 Å². The van der Waals surface area contributed by atoms with E-state index in [9.17, 15) is 14.7 Å². The Labute approximate surface area is 74.0 Å². The second-order valence-electron chi connectivity index (χ2n) is 3.77. The van der Waals surface area contributed by atoms with Gasteiger partial charge in [0.1, 0.15) is 0 Å². The van der Waals surface area contributed by atoms with Crippen molar-refractivity contribution in [1.82, 2.24) is 0 Å². The fourth-order valence-corrected chi connectivity index (χ4v) is 2.55. The number of aliphatic carboxylic acids is 2. The molecule has 0 aromatic heterocycles. The van der Waals surface area contributed by atoms with E-state index in [1.165, 1.54) is 0 Å². The molecular formula is C8H10O5. The molecule has 2 fully saturated rings. The molecule has 3 N–H and O–H groups in total. The van der Waals surface area contributed by atoms with Crippen LogP contribution in [-0.2, 0) is 9.59 Å². The third kappa shape index (κ3) is 1.03. The fourth-order valence-electron chi connectivity index (χ4n) is 2.55. The quantitative estimate of drug-likeness (QED) is 0.535. The van der Waals surface area contributed by atoms with Crippen LogP contribution >= 0.6 is 0 Å². The topological polar surface area (TPSA) is 94.8 Å². The van der Waals surface area contributed by atoms with Crippen LogP contribution in [0, 0.1) is 23.7 Å². The number of rotatable bonds is 2. The summed E-state index contributed by atoms with van der Waals surface area (Å²) in [5, 5.41) is 26.7. The molecule has 0 saturated heterocycles. The molecule has 0 aliphatic heterocycles. The Bertz CT molecular complexity index is 274. The van der Waals surface area contributed by atoms with E-state index >= 15 is 0 Å². The van der Waals surface area contributed by atoms with Gasteiger partial charge >= 0.3 is 11.9 Å². The van der Waals surface area contributed by atoms with E-state index in [1.807, 2.05) is 0 Å². The molecule has 72 valence electrons. The van der Waals surface area contributed by atoms with Crippen LogP contribution in [0.1, 0.15) is 6.42 Å². The molecule has 0 bridgehead atoms. The Hall–Kier alpha value is -1.10. The van der Waals surface area contributed by atoms with Gasteiger partial charge in [-0.3, -0.25) is 9.59 Å². The molecule has 5 nitrogen and oxygen atoms in total. The number of fused-ring (bicyclic) bond motifs is 1. The summed E-state index contributed by atoms with van der Waals surface area (Å²) in [6.07, 6.45) is -0.540. The van der Waals surface area contributed by atoms with Crippen LogP contribution < -0.4 is 0 Å². The highest BCUT2D eigenvalue weighted by molar-refractivity contribution is 5.80. The van der Waals surface area contributed by atoms with Crippen molar-refractivity contribution < 1.29 is 24.9 Å². The number of carbonyl (C=O) groups is 2. The molecule has 2 aliphatic carbocycles. The molecule has 5 heteroatoms. The Morgan fingerprint density at radius 3 is 2.08 bits per heavy atom. The van der Waals surface area contributed by atoms with Gasteiger partial charge in [-0.25, -0.2) is 0 Å². The maximum Gasteiger partial charge on any atom is 0.309 e. The molecule has 5 atom stereocenters. The van der Waals surface area contributed by atoms with Crippen LogP contribution in [0.25, 0.3) is 0 Å². The first-order chi connectivity index (χ1) is 6.04. The lowest BCUT2D eigenvalue weighted by Crippen LogP contribution is -2.28. The summed E-state index contributed by atoms with van der Waals surface area (Å²) in [4.78, 5) is 21.2. The molecule has 0 heterocycles. The highest BCUT2D eigenvalue weighted by atomic mass is 16.4. The van der Waals surface area contributed by atoms with Crippen molar-refractivity contribution in [1.29, 1.82) is 0 Å². The van der Waals surface area contributed by atoms with E-state index in [0.717, 1.165) is 0 Å². The summed E-state index contributed by atoms with van der Waals surface area (Å²) >= 11 is 0. The van der Waals surface area contributed by atoms with Crippen molar-refractivity contribution in [3.05, 3.63) is 0 Å². The van der Waals surface area contributed by atoms with Gasteiger partial charge in [0.2, 0.25) is 0 Å². The Morgan fingerprint density at radius 2 is 1.62 bits per heavy atom. The lowest BCUT2D eigenvalue weighted by molar-refractivity contribution is -0.147. The van der Waals surface area contributed by atoms with Crippen LogP contribution in [0.5, 0.6) is 0 Å². The van der Waals surface area contributed by atoms with Crippen LogP contribution in [0.3, 0.4) is 0 Å². The summed E-state index contributed by atoms with van der Waals surface area (Å²) in [6, 6.07) is 0. The summed E-state index contributed by atoms with van der Waals surface area (Å²) < 4.78 is 0. The van der Waals surface area contributed by atoms with E-state index in [1.54, 1.807) is 0 Å². The molecule has 5 unspecified atom stereocenters. The average Bonchev–Trinajstić information content (AvgIpc) is 2.54. The molecule has 2 rings (SSSR count). The van der Waals surface area contributed by atoms with Crippen molar-refractivity contribution in [3.8, 4) is 0 Å². The van der Waals surface area contributed by atoms with Crippen molar-refractivity contribution in [2.24, 2.45) is 23.7 Å². The number of carboxylic acid groups (broad SMARTS) is 2. The highest BCUT2D eigenvalue weighted by Crippen LogP contribution is 2.60. The minimum absolute atomic E-state index is 0.117. The summed E-state index contributed by atoms with van der Waals surface area (Å²) in [6.45, 7) is 0. The molecule has 2 aliphatic rings. The summed E-state index contributed by atoms with van der Waals surface area (Å²) in [5.74, 6) is -3.88. The standard InChI is InChI=1S/C8H10O5/c9-3-1-2-4(5(2)7(10)11)6(3)8(12)13/h2-6,9H,1H2,(H,10,11)(H,12,13). The number of carboxylic acids is 2. The predicted molar refractivity (Wildman–Crippen MR) is 39.9 cm³/mol. The molecule has 13 heavy (non-hydrogen) atoms. The van der Waals surface area contributed by atoms with Gasteiger partial charge in [-0.2, -0.15) is 0 Å². The van der Waals surface area contributed by atoms with Crippen LogP contribution in [0.2, 0.25) is 0 Å². The number of hydrogen-bond donors (Lipinski definition) is 3. The lowest BCUT2D eigenvalue weighted by atomic mass is 9.97. The smallest absolute Gasteiger partial charge is 0.309 e. The second kappa shape index (κ2) is 2.45. The van der Waals surface area contributed by atoms with Gasteiger partial charge in [0.25, 0.3) is 0 Å². The maximum absolute atomic E-state index is 10.7. The van der Waals surface area contributed by atoms with E-state index in [-0.39, 0.29) is 11.8 Å². The van der Waals surface area contributed by atoms with Gasteiger partial charge in [-0.1, -0.05) is 0 Å². The monoisotopic (exact) mass is 186 g/mol. The maximum atomic E-state index is 10.7. The Balaban J connectivity index is 2.13. The number of aliphatic hydroxyl groups excluding tert-OH is 1. The first-order valence-electron chi connectivity index (χ1n) is 4.17. The average molecular weight is 186 g/mol. The third-order valence-corrected chi connectivity index (χ3v) is 3.14. The number of aliphatic hydroxyl groups is 1. The van der Waals surface area contributed by atoms with Crippen LogP contribution in [-0.4, -0.2) is 33.4 Å². The van der Waals surface area contributed by atoms with Crippen LogP contribution in [0.4, 0.5) is 0 Å². The first-order valence-corrected chi connectivity index (χ1v) is 4.17. The molecule has 0 radical (unpaired) electrons. The van der Waals surface area contributed by atoms with Crippen molar-refractivity contribution in [3.63, 3.8) is 0 Å². The van der Waals surface area contributed by atoms with Crippen molar-refractivity contribution in [2.45, 2.75) is 12.5 Å². The molecule has 0 spiro atoms. The zero-order valence-electron chi connectivity index (χ0n) is 6.75. The van der Waals surface area contributed by atoms with E-state index in [2.05, 4.69) is 0 Å². The molecule has 0 aromatic rings. The fraction of sp³-hybridized carbons (Fsp3) is 0.750. The molecule has 0 amide bonds. The lowest BCUT2D eigenvalue weighted by Gasteiger charge is -2.13. The molecule has 2 saturated carbocycles. The van der Waals surface area contributed by atoms with Gasteiger partial charge < -0.3 is 15.3 Å². The highest BCUT2D eigenvalue weighted by Gasteiger charge is 2.66. The minimum Gasteiger partial charge on any atom is -0.481 e. The normalized spacial score (nSPS) is 47.0. The van der Waals surface area contributed by atoms with Gasteiger partial charge in [0, 0.05) is 0 Å². The van der Waals surface area contributed by atoms with Gasteiger partial charge in [-0.05, 0) is 18.3 Å². The van der Waals surface area contributed by atoms with Gasteiger partial charge in [-0.15, -0.1) is 0 Å².